The highest BCUT2D eigenvalue weighted by molar-refractivity contribution is 9.11. The van der Waals surface area contributed by atoms with Gasteiger partial charge in [-0.05, 0) is 39.9 Å². The Balaban J connectivity index is 2.40. The quantitative estimate of drug-likeness (QED) is 0.508. The first kappa shape index (κ1) is 12.3. The number of rotatable bonds is 4. The highest BCUT2D eigenvalue weighted by Crippen LogP contribution is 2.20. The molecule has 0 bridgehead atoms. The second kappa shape index (κ2) is 5.92. The Morgan fingerprint density at radius 1 is 1.73 bits per heavy atom. The number of nitrogens with zero attached hydrogens (tertiary/aromatic N) is 1. The molecule has 15 heavy (non-hydrogen) atoms. The van der Waals surface area contributed by atoms with E-state index in [-0.39, 0.29) is 0 Å². The van der Waals surface area contributed by atoms with Gasteiger partial charge < -0.3 is 11.1 Å². The normalized spacial score (nSPS) is 11.5. The van der Waals surface area contributed by atoms with Gasteiger partial charge in [-0.3, -0.25) is 0 Å². The first-order valence-electron chi connectivity index (χ1n) is 4.49. The van der Waals surface area contributed by atoms with Gasteiger partial charge in [-0.2, -0.15) is 0 Å². The lowest BCUT2D eigenvalue weighted by atomic mass is 10.3. The number of halogens is 1. The summed E-state index contributed by atoms with van der Waals surface area (Å²) in [6, 6.07) is 2.04. The lowest BCUT2D eigenvalue weighted by Crippen LogP contribution is -2.32. The summed E-state index contributed by atoms with van der Waals surface area (Å²) in [4.78, 5) is 4.21. The average molecular weight is 288 g/mol. The van der Waals surface area contributed by atoms with Gasteiger partial charge in [-0.25, -0.2) is 4.99 Å². The standard InChI is InChI=1S/C10H14BrN3S/c1-7(2)4-13-10(12)14-5-8-3-9(11)15-6-8/h3,6H,1,4-5H2,2H3,(H3,12,13,14). The van der Waals surface area contributed by atoms with E-state index in [4.69, 9.17) is 5.73 Å². The molecule has 0 aliphatic carbocycles. The Kier molecular flexibility index (Phi) is 4.84. The number of aliphatic imine (C=N–C) groups is 1. The van der Waals surface area contributed by atoms with Gasteiger partial charge in [0.25, 0.3) is 0 Å². The van der Waals surface area contributed by atoms with Crippen LogP contribution in [-0.2, 0) is 6.54 Å². The molecule has 0 fully saturated rings. The van der Waals surface area contributed by atoms with Crippen LogP contribution >= 0.6 is 27.3 Å². The fraction of sp³-hybridized carbons (Fsp3) is 0.300. The lowest BCUT2D eigenvalue weighted by molar-refractivity contribution is 0.941. The largest absolute Gasteiger partial charge is 0.370 e. The Labute approximate surface area is 102 Å². The van der Waals surface area contributed by atoms with Crippen LogP contribution in [0.5, 0.6) is 0 Å². The van der Waals surface area contributed by atoms with Gasteiger partial charge in [0.1, 0.15) is 0 Å². The van der Waals surface area contributed by atoms with Gasteiger partial charge in [0.05, 0.1) is 10.3 Å². The predicted molar refractivity (Wildman–Crippen MR) is 70.2 cm³/mol. The smallest absolute Gasteiger partial charge is 0.189 e. The fourth-order valence-corrected chi connectivity index (χ4v) is 2.10. The molecular formula is C10H14BrN3S. The summed E-state index contributed by atoms with van der Waals surface area (Å²) in [5.41, 5.74) is 7.86. The van der Waals surface area contributed by atoms with Gasteiger partial charge in [0.2, 0.25) is 0 Å². The highest BCUT2D eigenvalue weighted by atomic mass is 79.9. The lowest BCUT2D eigenvalue weighted by Gasteiger charge is -2.03. The maximum Gasteiger partial charge on any atom is 0.189 e. The maximum atomic E-state index is 5.67. The van der Waals surface area contributed by atoms with Crippen LogP contribution < -0.4 is 11.1 Å². The minimum atomic E-state index is 0.459. The van der Waals surface area contributed by atoms with Gasteiger partial charge >= 0.3 is 0 Å². The molecule has 3 nitrogen and oxygen atoms in total. The van der Waals surface area contributed by atoms with Crippen LogP contribution in [0.2, 0.25) is 0 Å². The van der Waals surface area contributed by atoms with E-state index in [1.807, 2.05) is 13.0 Å². The van der Waals surface area contributed by atoms with Crippen molar-refractivity contribution in [1.82, 2.24) is 5.32 Å². The molecule has 0 saturated carbocycles. The molecular weight excluding hydrogens is 274 g/mol. The van der Waals surface area contributed by atoms with E-state index in [1.54, 1.807) is 11.3 Å². The predicted octanol–water partition coefficient (Wildman–Crippen LogP) is 2.49. The minimum Gasteiger partial charge on any atom is -0.370 e. The van der Waals surface area contributed by atoms with E-state index in [0.717, 1.165) is 14.9 Å². The van der Waals surface area contributed by atoms with Crippen LogP contribution in [0.4, 0.5) is 0 Å². The van der Waals surface area contributed by atoms with Crippen LogP contribution in [0, 0.1) is 0 Å². The molecule has 1 aromatic rings. The Morgan fingerprint density at radius 3 is 3.00 bits per heavy atom. The molecule has 0 aromatic carbocycles. The average Bonchev–Trinajstić information content (AvgIpc) is 2.58. The van der Waals surface area contributed by atoms with Crippen LogP contribution in [0.15, 0.2) is 32.4 Å². The molecule has 0 aliphatic heterocycles. The van der Waals surface area contributed by atoms with Crippen molar-refractivity contribution in [3.63, 3.8) is 0 Å². The summed E-state index contributed by atoms with van der Waals surface area (Å²) in [5.74, 6) is 0.459. The zero-order chi connectivity index (χ0) is 11.3. The molecule has 0 amide bonds. The van der Waals surface area contributed by atoms with Crippen molar-refractivity contribution in [2.75, 3.05) is 6.54 Å². The number of thiophene rings is 1. The van der Waals surface area contributed by atoms with E-state index in [2.05, 4.69) is 38.2 Å². The molecule has 1 heterocycles. The molecule has 0 atom stereocenters. The summed E-state index contributed by atoms with van der Waals surface area (Å²) in [7, 11) is 0. The summed E-state index contributed by atoms with van der Waals surface area (Å²) >= 11 is 5.05. The van der Waals surface area contributed by atoms with Crippen LogP contribution in [0.25, 0.3) is 0 Å². The molecule has 1 aromatic heterocycles. The summed E-state index contributed by atoms with van der Waals surface area (Å²) < 4.78 is 1.11. The molecule has 0 radical (unpaired) electrons. The second-order valence-electron chi connectivity index (χ2n) is 3.27. The molecule has 0 unspecified atom stereocenters. The molecule has 0 spiro atoms. The van der Waals surface area contributed by atoms with Crippen LogP contribution in [0.3, 0.4) is 0 Å². The third-order valence-electron chi connectivity index (χ3n) is 1.63. The first-order valence-corrected chi connectivity index (χ1v) is 6.16. The number of nitrogens with one attached hydrogen (secondary N) is 1. The van der Waals surface area contributed by atoms with E-state index in [1.165, 1.54) is 0 Å². The topological polar surface area (TPSA) is 50.4 Å². The summed E-state index contributed by atoms with van der Waals surface area (Å²) in [6.45, 7) is 6.99. The monoisotopic (exact) mass is 287 g/mol. The van der Waals surface area contributed by atoms with Crippen molar-refractivity contribution >= 4 is 33.2 Å². The fourth-order valence-electron chi connectivity index (χ4n) is 0.903. The van der Waals surface area contributed by atoms with Crippen molar-refractivity contribution in [3.8, 4) is 0 Å². The summed E-state index contributed by atoms with van der Waals surface area (Å²) in [5, 5.41) is 5.03. The number of nitrogens with two attached hydrogens (primary N) is 1. The van der Waals surface area contributed by atoms with E-state index >= 15 is 0 Å². The maximum absolute atomic E-state index is 5.67. The molecule has 0 aliphatic rings. The molecule has 82 valence electrons. The number of guanidine groups is 1. The molecule has 0 saturated heterocycles. The van der Waals surface area contributed by atoms with Gasteiger partial charge in [-0.1, -0.05) is 12.2 Å². The SMILES string of the molecule is C=C(C)CNC(N)=NCc1csc(Br)c1. The van der Waals surface area contributed by atoms with E-state index < -0.39 is 0 Å². The van der Waals surface area contributed by atoms with Crippen LogP contribution in [-0.4, -0.2) is 12.5 Å². The molecule has 3 N–H and O–H groups in total. The second-order valence-corrected chi connectivity index (χ2v) is 5.56. The first-order chi connectivity index (χ1) is 7.08. The zero-order valence-corrected chi connectivity index (χ0v) is 11.0. The van der Waals surface area contributed by atoms with E-state index in [9.17, 15) is 0 Å². The van der Waals surface area contributed by atoms with Gasteiger partial charge in [0, 0.05) is 6.54 Å². The van der Waals surface area contributed by atoms with Gasteiger partial charge in [0.15, 0.2) is 5.96 Å². The Hall–Kier alpha value is -0.810. The zero-order valence-electron chi connectivity index (χ0n) is 8.59. The van der Waals surface area contributed by atoms with Crippen molar-refractivity contribution in [3.05, 3.63) is 32.9 Å². The molecule has 5 heteroatoms. The third-order valence-corrected chi connectivity index (χ3v) is 3.18. The third kappa shape index (κ3) is 4.99. The van der Waals surface area contributed by atoms with Crippen molar-refractivity contribution in [1.29, 1.82) is 0 Å². The van der Waals surface area contributed by atoms with Gasteiger partial charge in [-0.15, -0.1) is 11.3 Å². The molecule has 1 rings (SSSR count). The van der Waals surface area contributed by atoms with E-state index in [0.29, 0.717) is 19.0 Å². The van der Waals surface area contributed by atoms with Crippen molar-refractivity contribution in [2.24, 2.45) is 10.7 Å². The Morgan fingerprint density at radius 2 is 2.47 bits per heavy atom. The van der Waals surface area contributed by atoms with Crippen molar-refractivity contribution < 1.29 is 0 Å². The minimum absolute atomic E-state index is 0.459. The highest BCUT2D eigenvalue weighted by Gasteiger charge is 1.96. The summed E-state index contributed by atoms with van der Waals surface area (Å²) in [6.07, 6.45) is 0. The Bertz CT molecular complexity index is 370. The number of hydrogen-bond donors (Lipinski definition) is 2. The number of hydrogen-bond acceptors (Lipinski definition) is 2. The van der Waals surface area contributed by atoms with Crippen molar-refractivity contribution in [2.45, 2.75) is 13.5 Å². The van der Waals surface area contributed by atoms with Crippen LogP contribution in [0.1, 0.15) is 12.5 Å².